The van der Waals surface area contributed by atoms with Gasteiger partial charge in [0.05, 0.1) is 0 Å². The average molecular weight is 403 g/mol. The van der Waals surface area contributed by atoms with Crippen molar-refractivity contribution in [1.29, 1.82) is 0 Å². The number of benzene rings is 1. The molecule has 1 heterocycles. The van der Waals surface area contributed by atoms with E-state index in [1.165, 1.54) is 20.5 Å². The highest BCUT2D eigenvalue weighted by molar-refractivity contribution is 9.10. The summed E-state index contributed by atoms with van der Waals surface area (Å²) in [6.45, 7) is 5.31. The first-order valence-corrected chi connectivity index (χ1v) is 8.79. The van der Waals surface area contributed by atoms with E-state index < -0.39 is 0 Å². The number of hydrogen-bond donors (Lipinski definition) is 1. The number of halogens is 2. The summed E-state index contributed by atoms with van der Waals surface area (Å²) in [5, 5.41) is 5.74. The van der Waals surface area contributed by atoms with Gasteiger partial charge in [-0.3, -0.25) is 0 Å². The van der Waals surface area contributed by atoms with Gasteiger partial charge >= 0.3 is 0 Å². The lowest BCUT2D eigenvalue weighted by molar-refractivity contribution is 0.551. The summed E-state index contributed by atoms with van der Waals surface area (Å²) < 4.78 is 2.32. The third kappa shape index (κ3) is 4.15. The van der Waals surface area contributed by atoms with E-state index in [-0.39, 0.29) is 0 Å². The van der Waals surface area contributed by atoms with Crippen LogP contribution >= 0.6 is 43.2 Å². The second kappa shape index (κ2) is 7.02. The minimum atomic E-state index is 0.378. The largest absolute Gasteiger partial charge is 0.310 e. The Bertz CT molecular complexity index is 551. The Balaban J connectivity index is 2.23. The van der Waals surface area contributed by atoms with Gasteiger partial charge in [-0.25, -0.2) is 0 Å². The van der Waals surface area contributed by atoms with E-state index in [1.807, 2.05) is 11.3 Å². The smallest absolute Gasteiger partial charge is 0.0371 e. The van der Waals surface area contributed by atoms with Crippen molar-refractivity contribution < 1.29 is 0 Å². The molecule has 0 saturated heterocycles. The normalized spacial score (nSPS) is 12.6. The van der Waals surface area contributed by atoms with Crippen molar-refractivity contribution in [3.8, 4) is 0 Å². The number of rotatable bonds is 5. The lowest BCUT2D eigenvalue weighted by Crippen LogP contribution is -2.23. The van der Waals surface area contributed by atoms with Gasteiger partial charge in [0.25, 0.3) is 0 Å². The molecule has 0 saturated carbocycles. The third-order valence-corrected chi connectivity index (χ3v) is 5.30. The molecule has 2 aromatic rings. The first-order valence-electron chi connectivity index (χ1n) is 6.32. The van der Waals surface area contributed by atoms with Gasteiger partial charge in [0.15, 0.2) is 0 Å². The second-order valence-electron chi connectivity index (χ2n) is 4.55. The van der Waals surface area contributed by atoms with Crippen molar-refractivity contribution in [3.63, 3.8) is 0 Å². The number of nitrogens with one attached hydrogen (secondary N) is 1. The van der Waals surface area contributed by atoms with Crippen molar-refractivity contribution >= 4 is 43.2 Å². The molecule has 0 radical (unpaired) electrons. The second-order valence-corrected chi connectivity index (χ2v) is 7.37. The first kappa shape index (κ1) is 15.2. The molecule has 1 atom stereocenters. The minimum Gasteiger partial charge on any atom is -0.310 e. The highest BCUT2D eigenvalue weighted by atomic mass is 79.9. The van der Waals surface area contributed by atoms with Gasteiger partial charge in [-0.15, -0.1) is 11.3 Å². The quantitative estimate of drug-likeness (QED) is 0.698. The number of aryl methyl sites for hydroxylation is 1. The number of thiophene rings is 1. The van der Waals surface area contributed by atoms with E-state index in [0.717, 1.165) is 17.4 Å². The fraction of sp³-hybridized carbons (Fsp3) is 0.333. The summed E-state index contributed by atoms with van der Waals surface area (Å²) in [6, 6.07) is 9.11. The molecule has 0 spiro atoms. The Labute approximate surface area is 135 Å². The maximum Gasteiger partial charge on any atom is 0.0371 e. The Morgan fingerprint density at radius 3 is 2.58 bits per heavy atom. The molecule has 2 rings (SSSR count). The zero-order valence-electron chi connectivity index (χ0n) is 11.0. The Morgan fingerprint density at radius 2 is 2.00 bits per heavy atom. The first-order chi connectivity index (χ1) is 9.10. The van der Waals surface area contributed by atoms with Crippen LogP contribution in [0.1, 0.15) is 29.0 Å². The van der Waals surface area contributed by atoms with E-state index in [9.17, 15) is 0 Å². The topological polar surface area (TPSA) is 12.0 Å². The molecular weight excluding hydrogens is 386 g/mol. The summed E-state index contributed by atoms with van der Waals surface area (Å²) in [4.78, 5) is 1.40. The minimum absolute atomic E-state index is 0.378. The van der Waals surface area contributed by atoms with Crippen LogP contribution in [-0.4, -0.2) is 6.54 Å². The van der Waals surface area contributed by atoms with E-state index in [0.29, 0.717) is 6.04 Å². The van der Waals surface area contributed by atoms with Crippen LogP contribution in [0.2, 0.25) is 0 Å². The van der Waals surface area contributed by atoms with E-state index in [1.54, 1.807) is 0 Å². The Hall–Kier alpha value is -0.160. The van der Waals surface area contributed by atoms with Gasteiger partial charge in [0, 0.05) is 31.7 Å². The van der Waals surface area contributed by atoms with Crippen LogP contribution < -0.4 is 5.32 Å². The van der Waals surface area contributed by atoms with Crippen LogP contribution in [0.25, 0.3) is 0 Å². The number of hydrogen-bond acceptors (Lipinski definition) is 2. The van der Waals surface area contributed by atoms with Gasteiger partial charge in [0.1, 0.15) is 0 Å². The van der Waals surface area contributed by atoms with E-state index in [2.05, 4.69) is 80.7 Å². The van der Waals surface area contributed by atoms with Crippen LogP contribution in [0.5, 0.6) is 0 Å². The van der Waals surface area contributed by atoms with E-state index in [4.69, 9.17) is 0 Å². The third-order valence-electron chi connectivity index (χ3n) is 3.08. The van der Waals surface area contributed by atoms with Crippen molar-refractivity contribution in [1.82, 2.24) is 5.32 Å². The van der Waals surface area contributed by atoms with Crippen LogP contribution in [0.15, 0.2) is 38.6 Å². The molecule has 102 valence electrons. The van der Waals surface area contributed by atoms with Crippen LogP contribution in [0, 0.1) is 6.92 Å². The predicted octanol–water partition coefficient (Wildman–Crippen LogP) is 5.47. The summed E-state index contributed by atoms with van der Waals surface area (Å²) >= 11 is 8.87. The maximum absolute atomic E-state index is 3.59. The maximum atomic E-state index is 3.59. The monoisotopic (exact) mass is 401 g/mol. The van der Waals surface area contributed by atoms with Crippen LogP contribution in [-0.2, 0) is 6.42 Å². The van der Waals surface area contributed by atoms with Crippen molar-refractivity contribution in [2.75, 3.05) is 6.54 Å². The van der Waals surface area contributed by atoms with Crippen LogP contribution in [0.3, 0.4) is 0 Å². The summed E-state index contributed by atoms with van der Waals surface area (Å²) in [7, 11) is 0. The molecule has 0 aliphatic rings. The Kier molecular flexibility index (Phi) is 5.63. The molecule has 1 aromatic carbocycles. The molecule has 1 aromatic heterocycles. The van der Waals surface area contributed by atoms with Gasteiger partial charge in [-0.2, -0.15) is 0 Å². The zero-order valence-corrected chi connectivity index (χ0v) is 15.0. The zero-order chi connectivity index (χ0) is 13.8. The highest BCUT2D eigenvalue weighted by Crippen LogP contribution is 2.28. The molecule has 1 unspecified atom stereocenters. The van der Waals surface area contributed by atoms with Crippen molar-refractivity contribution in [2.45, 2.75) is 26.3 Å². The standard InChI is InChI=1S/C15H17Br2NS/c1-3-18-15(8-13-7-12(17)9-19-13)14-5-4-11(16)6-10(14)2/h4-7,9,15,18H,3,8H2,1-2H3. The van der Waals surface area contributed by atoms with E-state index >= 15 is 0 Å². The molecule has 1 nitrogen and oxygen atoms in total. The predicted molar refractivity (Wildman–Crippen MR) is 91.0 cm³/mol. The molecule has 0 amide bonds. The average Bonchev–Trinajstić information content (AvgIpc) is 2.74. The van der Waals surface area contributed by atoms with Gasteiger partial charge in [-0.05, 0) is 58.7 Å². The molecular formula is C15H17Br2NS. The SMILES string of the molecule is CCNC(Cc1cc(Br)cs1)c1ccc(Br)cc1C. The molecule has 0 fully saturated rings. The van der Waals surface area contributed by atoms with Gasteiger partial charge in [0.2, 0.25) is 0 Å². The summed E-state index contributed by atoms with van der Waals surface area (Å²) in [5.74, 6) is 0. The number of likely N-dealkylation sites (N-methyl/N-ethyl adjacent to an activating group) is 1. The van der Waals surface area contributed by atoms with Crippen LogP contribution in [0.4, 0.5) is 0 Å². The molecule has 1 N–H and O–H groups in total. The van der Waals surface area contributed by atoms with Crippen molar-refractivity contribution in [3.05, 3.63) is 54.6 Å². The Morgan fingerprint density at radius 1 is 1.21 bits per heavy atom. The molecule has 0 aliphatic carbocycles. The van der Waals surface area contributed by atoms with Gasteiger partial charge < -0.3 is 5.32 Å². The molecule has 0 aliphatic heterocycles. The summed E-state index contributed by atoms with van der Waals surface area (Å²) in [6.07, 6.45) is 1.03. The van der Waals surface area contributed by atoms with Crippen molar-refractivity contribution in [2.24, 2.45) is 0 Å². The molecule has 19 heavy (non-hydrogen) atoms. The highest BCUT2D eigenvalue weighted by Gasteiger charge is 2.14. The fourth-order valence-electron chi connectivity index (χ4n) is 2.23. The molecule has 0 bridgehead atoms. The summed E-state index contributed by atoms with van der Waals surface area (Å²) in [5.41, 5.74) is 2.71. The lowest BCUT2D eigenvalue weighted by Gasteiger charge is -2.20. The van der Waals surface area contributed by atoms with Gasteiger partial charge in [-0.1, -0.05) is 28.9 Å². The molecule has 4 heteroatoms. The fourth-order valence-corrected chi connectivity index (χ4v) is 4.20. The lowest BCUT2D eigenvalue weighted by atomic mass is 9.98.